The van der Waals surface area contributed by atoms with Gasteiger partial charge in [0.25, 0.3) is 0 Å². The Morgan fingerprint density at radius 1 is 1.14 bits per heavy atom. The lowest BCUT2D eigenvalue weighted by atomic mass is 9.89. The van der Waals surface area contributed by atoms with Crippen molar-refractivity contribution in [2.75, 3.05) is 23.3 Å². The van der Waals surface area contributed by atoms with Crippen LogP contribution in [-0.2, 0) is 9.59 Å². The van der Waals surface area contributed by atoms with Gasteiger partial charge < -0.3 is 15.3 Å². The van der Waals surface area contributed by atoms with Gasteiger partial charge in [0.05, 0.1) is 5.41 Å². The molecule has 5 heteroatoms. The lowest BCUT2D eigenvalue weighted by Gasteiger charge is -2.21. The van der Waals surface area contributed by atoms with E-state index in [4.69, 9.17) is 5.11 Å². The average molecular weight is 292 g/mol. The molecule has 0 heterocycles. The quantitative estimate of drug-likeness (QED) is 0.810. The SMILES string of the molecule is CCN(CC)c1ccc(NC(=O)CC(C)(C)C(=O)O)cc1. The summed E-state index contributed by atoms with van der Waals surface area (Å²) in [5, 5.41) is 11.8. The predicted molar refractivity (Wildman–Crippen MR) is 84.7 cm³/mol. The zero-order valence-corrected chi connectivity index (χ0v) is 13.1. The highest BCUT2D eigenvalue weighted by Crippen LogP contribution is 2.22. The smallest absolute Gasteiger partial charge is 0.309 e. The van der Waals surface area contributed by atoms with E-state index in [1.165, 1.54) is 0 Å². The molecule has 0 fully saturated rings. The lowest BCUT2D eigenvalue weighted by Crippen LogP contribution is -2.29. The summed E-state index contributed by atoms with van der Waals surface area (Å²) in [6.45, 7) is 9.11. The van der Waals surface area contributed by atoms with E-state index in [2.05, 4.69) is 24.1 Å². The van der Waals surface area contributed by atoms with Gasteiger partial charge in [0.2, 0.25) is 5.91 Å². The van der Waals surface area contributed by atoms with Crippen molar-refractivity contribution in [1.82, 2.24) is 0 Å². The molecule has 1 aromatic carbocycles. The maximum atomic E-state index is 11.9. The average Bonchev–Trinajstić information content (AvgIpc) is 2.41. The number of nitrogens with zero attached hydrogens (tertiary/aromatic N) is 1. The molecule has 0 unspecified atom stereocenters. The number of benzene rings is 1. The molecule has 0 aromatic heterocycles. The van der Waals surface area contributed by atoms with Gasteiger partial charge in [0.1, 0.15) is 0 Å². The van der Waals surface area contributed by atoms with E-state index >= 15 is 0 Å². The van der Waals surface area contributed by atoms with Gasteiger partial charge in [-0.25, -0.2) is 0 Å². The fourth-order valence-electron chi connectivity index (χ4n) is 2.03. The predicted octanol–water partition coefficient (Wildman–Crippen LogP) is 2.97. The number of hydrogen-bond acceptors (Lipinski definition) is 3. The van der Waals surface area contributed by atoms with Crippen molar-refractivity contribution in [2.45, 2.75) is 34.1 Å². The molecule has 2 N–H and O–H groups in total. The summed E-state index contributed by atoms with van der Waals surface area (Å²) in [5.41, 5.74) is 0.714. The van der Waals surface area contributed by atoms with E-state index in [1.807, 2.05) is 24.3 Å². The summed E-state index contributed by atoms with van der Waals surface area (Å²) >= 11 is 0. The molecule has 1 rings (SSSR count). The number of amides is 1. The Hall–Kier alpha value is -2.04. The first-order chi connectivity index (χ1) is 9.80. The van der Waals surface area contributed by atoms with Gasteiger partial charge in [-0.3, -0.25) is 9.59 Å². The molecule has 0 radical (unpaired) electrons. The van der Waals surface area contributed by atoms with E-state index in [1.54, 1.807) is 13.8 Å². The molecule has 116 valence electrons. The first-order valence-electron chi connectivity index (χ1n) is 7.18. The second-order valence-corrected chi connectivity index (χ2v) is 5.63. The minimum atomic E-state index is -1.06. The number of carboxylic acids is 1. The molecular weight excluding hydrogens is 268 g/mol. The molecule has 0 bridgehead atoms. The standard InChI is InChI=1S/C16H24N2O3/c1-5-18(6-2)13-9-7-12(8-10-13)17-14(19)11-16(3,4)15(20)21/h7-10H,5-6,11H2,1-4H3,(H,17,19)(H,20,21). The summed E-state index contributed by atoms with van der Waals surface area (Å²) in [7, 11) is 0. The molecule has 0 spiro atoms. The van der Waals surface area contributed by atoms with Crippen LogP contribution in [0.4, 0.5) is 11.4 Å². The lowest BCUT2D eigenvalue weighted by molar-refractivity contribution is -0.148. The van der Waals surface area contributed by atoms with Gasteiger partial charge in [0.15, 0.2) is 0 Å². The van der Waals surface area contributed by atoms with Gasteiger partial charge in [-0.1, -0.05) is 0 Å². The zero-order chi connectivity index (χ0) is 16.0. The van der Waals surface area contributed by atoms with E-state index in [9.17, 15) is 9.59 Å². The highest BCUT2D eigenvalue weighted by atomic mass is 16.4. The highest BCUT2D eigenvalue weighted by Gasteiger charge is 2.30. The molecule has 1 amide bonds. The van der Waals surface area contributed by atoms with Crippen molar-refractivity contribution in [3.05, 3.63) is 24.3 Å². The molecule has 0 aliphatic rings. The van der Waals surface area contributed by atoms with Crippen LogP contribution in [0.5, 0.6) is 0 Å². The van der Waals surface area contributed by atoms with Crippen molar-refractivity contribution in [1.29, 1.82) is 0 Å². The molecular formula is C16H24N2O3. The van der Waals surface area contributed by atoms with Crippen molar-refractivity contribution < 1.29 is 14.7 Å². The van der Waals surface area contributed by atoms with Gasteiger partial charge in [-0.15, -0.1) is 0 Å². The molecule has 0 saturated heterocycles. The summed E-state index contributed by atoms with van der Waals surface area (Å²) in [6, 6.07) is 7.56. The first kappa shape index (κ1) is 17.0. The highest BCUT2D eigenvalue weighted by molar-refractivity contribution is 5.94. The maximum absolute atomic E-state index is 11.9. The van der Waals surface area contributed by atoms with E-state index in [0.29, 0.717) is 5.69 Å². The minimum Gasteiger partial charge on any atom is -0.481 e. The van der Waals surface area contributed by atoms with Crippen LogP contribution in [0.3, 0.4) is 0 Å². The molecule has 0 aliphatic carbocycles. The van der Waals surface area contributed by atoms with E-state index in [0.717, 1.165) is 18.8 Å². The fourth-order valence-corrected chi connectivity index (χ4v) is 2.03. The van der Waals surface area contributed by atoms with Crippen LogP contribution >= 0.6 is 0 Å². The number of hydrogen-bond donors (Lipinski definition) is 2. The van der Waals surface area contributed by atoms with Crippen LogP contribution in [0.25, 0.3) is 0 Å². The molecule has 0 aliphatic heterocycles. The number of carboxylic acid groups (broad SMARTS) is 1. The first-order valence-corrected chi connectivity index (χ1v) is 7.18. The largest absolute Gasteiger partial charge is 0.481 e. The molecule has 5 nitrogen and oxygen atoms in total. The second-order valence-electron chi connectivity index (χ2n) is 5.63. The van der Waals surface area contributed by atoms with Gasteiger partial charge >= 0.3 is 5.97 Å². The van der Waals surface area contributed by atoms with Crippen LogP contribution in [0.2, 0.25) is 0 Å². The zero-order valence-electron chi connectivity index (χ0n) is 13.1. The maximum Gasteiger partial charge on any atom is 0.309 e. The monoisotopic (exact) mass is 292 g/mol. The number of carbonyl (C=O) groups is 2. The number of anilines is 2. The van der Waals surface area contributed by atoms with Gasteiger partial charge in [0, 0.05) is 30.9 Å². The topological polar surface area (TPSA) is 69.6 Å². The van der Waals surface area contributed by atoms with Crippen LogP contribution in [0, 0.1) is 5.41 Å². The van der Waals surface area contributed by atoms with Crippen LogP contribution < -0.4 is 10.2 Å². The third kappa shape index (κ3) is 4.77. The Labute approximate surface area is 126 Å². The van der Waals surface area contributed by atoms with E-state index < -0.39 is 11.4 Å². The van der Waals surface area contributed by atoms with Crippen molar-refractivity contribution in [3.8, 4) is 0 Å². The van der Waals surface area contributed by atoms with Crippen molar-refractivity contribution in [2.24, 2.45) is 5.41 Å². The third-order valence-electron chi connectivity index (χ3n) is 3.46. The fraction of sp³-hybridized carbons (Fsp3) is 0.500. The molecule has 0 atom stereocenters. The van der Waals surface area contributed by atoms with Crippen LogP contribution in [0.1, 0.15) is 34.1 Å². The summed E-state index contributed by atoms with van der Waals surface area (Å²) < 4.78 is 0. The number of aliphatic carboxylic acids is 1. The number of carbonyl (C=O) groups excluding carboxylic acids is 1. The number of nitrogens with one attached hydrogen (secondary N) is 1. The molecule has 0 saturated carbocycles. The Morgan fingerprint density at radius 2 is 1.67 bits per heavy atom. The number of rotatable bonds is 7. The molecule has 1 aromatic rings. The van der Waals surface area contributed by atoms with Crippen molar-refractivity contribution >= 4 is 23.3 Å². The van der Waals surface area contributed by atoms with E-state index in [-0.39, 0.29) is 12.3 Å². The summed E-state index contributed by atoms with van der Waals surface area (Å²) in [5.74, 6) is -1.27. The Morgan fingerprint density at radius 3 is 2.10 bits per heavy atom. The summed E-state index contributed by atoms with van der Waals surface area (Å²) in [4.78, 5) is 25.1. The Balaban J connectivity index is 2.68. The Kier molecular flexibility index (Phi) is 5.76. The van der Waals surface area contributed by atoms with Crippen LogP contribution in [-0.4, -0.2) is 30.1 Å². The van der Waals surface area contributed by atoms with Gasteiger partial charge in [-0.2, -0.15) is 0 Å². The molecule has 21 heavy (non-hydrogen) atoms. The summed E-state index contributed by atoms with van der Waals surface area (Å²) in [6.07, 6.45) is -0.0554. The van der Waals surface area contributed by atoms with Gasteiger partial charge in [-0.05, 0) is 52.0 Å². The van der Waals surface area contributed by atoms with Crippen molar-refractivity contribution in [3.63, 3.8) is 0 Å². The van der Waals surface area contributed by atoms with Crippen LogP contribution in [0.15, 0.2) is 24.3 Å². The second kappa shape index (κ2) is 7.11. The Bertz CT molecular complexity index is 491. The normalized spacial score (nSPS) is 11.0. The third-order valence-corrected chi connectivity index (χ3v) is 3.46. The minimum absolute atomic E-state index is 0.0554.